The minimum Gasteiger partial charge on any atom is -0.328 e. The molecule has 3 aromatic rings. The van der Waals surface area contributed by atoms with Crippen molar-refractivity contribution in [3.8, 4) is 22.8 Å². The second-order valence-corrected chi connectivity index (χ2v) is 7.22. The van der Waals surface area contributed by atoms with E-state index in [9.17, 15) is 0 Å². The summed E-state index contributed by atoms with van der Waals surface area (Å²) in [6, 6.07) is 8.55. The first-order chi connectivity index (χ1) is 11.4. The van der Waals surface area contributed by atoms with Crippen LogP contribution in [0.1, 0.15) is 46.5 Å². The lowest BCUT2D eigenvalue weighted by Crippen LogP contribution is -2.16. The molecule has 124 valence electrons. The molecule has 0 bridgehead atoms. The van der Waals surface area contributed by atoms with Gasteiger partial charge < -0.3 is 4.57 Å². The van der Waals surface area contributed by atoms with Crippen molar-refractivity contribution in [3.63, 3.8) is 0 Å². The van der Waals surface area contributed by atoms with Crippen LogP contribution in [0, 0.1) is 0 Å². The van der Waals surface area contributed by atoms with Crippen LogP contribution in [-0.4, -0.2) is 24.5 Å². The summed E-state index contributed by atoms with van der Waals surface area (Å²) in [5.41, 5.74) is 1.92. The van der Waals surface area contributed by atoms with Gasteiger partial charge in [0.15, 0.2) is 5.82 Å². The molecule has 5 heteroatoms. The lowest BCUT2D eigenvalue weighted by molar-refractivity contribution is 0.542. The summed E-state index contributed by atoms with van der Waals surface area (Å²) in [7, 11) is 0. The fraction of sp³-hybridized carbons (Fsp3) is 0.368. The Bertz CT molecular complexity index is 843. The van der Waals surface area contributed by atoms with Gasteiger partial charge >= 0.3 is 0 Å². The van der Waals surface area contributed by atoms with Crippen molar-refractivity contribution >= 4 is 0 Å². The number of benzene rings is 1. The zero-order chi connectivity index (χ0) is 17.3. The zero-order valence-corrected chi connectivity index (χ0v) is 14.9. The fourth-order valence-electron chi connectivity index (χ4n) is 2.55. The Morgan fingerprint density at radius 1 is 1.00 bits per heavy atom. The van der Waals surface area contributed by atoms with Gasteiger partial charge in [0.2, 0.25) is 0 Å². The molecule has 0 radical (unpaired) electrons. The van der Waals surface area contributed by atoms with Crippen LogP contribution in [0.5, 0.6) is 0 Å². The predicted octanol–water partition coefficient (Wildman–Crippen LogP) is 4.28. The molecule has 0 atom stereocenters. The van der Waals surface area contributed by atoms with Gasteiger partial charge in [0, 0.05) is 35.0 Å². The van der Waals surface area contributed by atoms with Crippen molar-refractivity contribution in [1.29, 1.82) is 0 Å². The Balaban J connectivity index is 2.04. The Morgan fingerprint density at radius 3 is 2.46 bits per heavy atom. The third-order valence-electron chi connectivity index (χ3n) is 3.85. The molecule has 0 unspecified atom stereocenters. The molecular weight excluding hydrogens is 298 g/mol. The van der Waals surface area contributed by atoms with Gasteiger partial charge in [-0.3, -0.25) is 0 Å². The molecule has 0 N–H and O–H groups in total. The van der Waals surface area contributed by atoms with Crippen LogP contribution in [0.3, 0.4) is 0 Å². The molecule has 0 aliphatic heterocycles. The van der Waals surface area contributed by atoms with Crippen LogP contribution < -0.4 is 0 Å². The van der Waals surface area contributed by atoms with E-state index in [1.54, 1.807) is 6.33 Å². The highest BCUT2D eigenvalue weighted by Gasteiger charge is 2.18. The number of rotatable bonds is 3. The molecule has 2 aromatic heterocycles. The van der Waals surface area contributed by atoms with Crippen molar-refractivity contribution in [2.75, 3.05) is 0 Å². The SMILES string of the molecule is CC(C)n1ccnc1-c1cccc(-c2ncnc(C(C)(C)C)n2)c1. The second kappa shape index (κ2) is 6.15. The van der Waals surface area contributed by atoms with Crippen LogP contribution in [0.2, 0.25) is 0 Å². The lowest BCUT2D eigenvalue weighted by Gasteiger charge is -2.16. The van der Waals surface area contributed by atoms with E-state index in [0.29, 0.717) is 11.9 Å². The van der Waals surface area contributed by atoms with Gasteiger partial charge in [-0.05, 0) is 19.9 Å². The molecule has 24 heavy (non-hydrogen) atoms. The van der Waals surface area contributed by atoms with Gasteiger partial charge in [-0.1, -0.05) is 39.0 Å². The van der Waals surface area contributed by atoms with Crippen LogP contribution in [0.25, 0.3) is 22.8 Å². The number of aromatic nitrogens is 5. The van der Waals surface area contributed by atoms with Crippen LogP contribution in [-0.2, 0) is 5.41 Å². The second-order valence-electron chi connectivity index (χ2n) is 7.22. The normalized spacial score (nSPS) is 11.9. The van der Waals surface area contributed by atoms with E-state index < -0.39 is 0 Å². The van der Waals surface area contributed by atoms with Crippen molar-refractivity contribution in [2.45, 2.75) is 46.1 Å². The Hall–Kier alpha value is -2.56. The van der Waals surface area contributed by atoms with E-state index in [4.69, 9.17) is 0 Å². The summed E-state index contributed by atoms with van der Waals surface area (Å²) in [5.74, 6) is 2.44. The van der Waals surface area contributed by atoms with Crippen LogP contribution in [0.4, 0.5) is 0 Å². The minimum absolute atomic E-state index is 0.108. The first-order valence-corrected chi connectivity index (χ1v) is 8.19. The smallest absolute Gasteiger partial charge is 0.163 e. The molecular formula is C19H23N5. The molecule has 2 heterocycles. The van der Waals surface area contributed by atoms with E-state index >= 15 is 0 Å². The minimum atomic E-state index is -0.108. The Labute approximate surface area is 142 Å². The maximum Gasteiger partial charge on any atom is 0.163 e. The van der Waals surface area contributed by atoms with Crippen LogP contribution >= 0.6 is 0 Å². The van der Waals surface area contributed by atoms with E-state index in [1.807, 2.05) is 24.5 Å². The summed E-state index contributed by atoms with van der Waals surface area (Å²) < 4.78 is 2.16. The van der Waals surface area contributed by atoms with E-state index in [-0.39, 0.29) is 5.41 Å². The van der Waals surface area contributed by atoms with Gasteiger partial charge in [0.05, 0.1) is 0 Å². The highest BCUT2D eigenvalue weighted by Crippen LogP contribution is 2.26. The van der Waals surface area contributed by atoms with E-state index in [1.165, 1.54) is 0 Å². The zero-order valence-electron chi connectivity index (χ0n) is 14.9. The average Bonchev–Trinajstić information content (AvgIpc) is 3.04. The molecule has 0 aliphatic carbocycles. The van der Waals surface area contributed by atoms with Gasteiger partial charge in [-0.25, -0.2) is 19.9 Å². The summed E-state index contributed by atoms with van der Waals surface area (Å²) in [6.07, 6.45) is 5.43. The van der Waals surface area contributed by atoms with Gasteiger partial charge in [0.25, 0.3) is 0 Å². The Kier molecular flexibility index (Phi) is 4.18. The third kappa shape index (κ3) is 3.20. The summed E-state index contributed by atoms with van der Waals surface area (Å²) in [6.45, 7) is 10.6. The maximum absolute atomic E-state index is 4.64. The molecule has 0 spiro atoms. The maximum atomic E-state index is 4.64. The van der Waals surface area contributed by atoms with Gasteiger partial charge in [-0.15, -0.1) is 0 Å². The first kappa shape index (κ1) is 16.3. The summed E-state index contributed by atoms with van der Waals surface area (Å²) >= 11 is 0. The number of nitrogens with zero attached hydrogens (tertiary/aromatic N) is 5. The number of hydrogen-bond acceptors (Lipinski definition) is 4. The molecule has 0 saturated heterocycles. The Morgan fingerprint density at radius 2 is 1.75 bits per heavy atom. The number of imidazole rings is 1. The number of hydrogen-bond donors (Lipinski definition) is 0. The van der Waals surface area contributed by atoms with Crippen LogP contribution in [0.15, 0.2) is 43.0 Å². The van der Waals surface area contributed by atoms with E-state index in [0.717, 1.165) is 22.8 Å². The highest BCUT2D eigenvalue weighted by atomic mass is 15.1. The first-order valence-electron chi connectivity index (χ1n) is 8.19. The van der Waals surface area contributed by atoms with Crippen molar-refractivity contribution < 1.29 is 0 Å². The monoisotopic (exact) mass is 321 g/mol. The molecule has 1 aromatic carbocycles. The van der Waals surface area contributed by atoms with Crippen molar-refractivity contribution in [3.05, 3.63) is 48.8 Å². The molecule has 5 nitrogen and oxygen atoms in total. The summed E-state index contributed by atoms with van der Waals surface area (Å²) in [4.78, 5) is 17.8. The molecule has 0 saturated carbocycles. The van der Waals surface area contributed by atoms with Crippen molar-refractivity contribution in [1.82, 2.24) is 24.5 Å². The quantitative estimate of drug-likeness (QED) is 0.722. The lowest BCUT2D eigenvalue weighted by atomic mass is 9.96. The predicted molar refractivity (Wildman–Crippen MR) is 95.6 cm³/mol. The van der Waals surface area contributed by atoms with E-state index in [2.05, 4.69) is 71.3 Å². The molecule has 0 fully saturated rings. The third-order valence-corrected chi connectivity index (χ3v) is 3.85. The largest absolute Gasteiger partial charge is 0.328 e. The summed E-state index contributed by atoms with van der Waals surface area (Å²) in [5, 5.41) is 0. The highest BCUT2D eigenvalue weighted by molar-refractivity contribution is 5.66. The van der Waals surface area contributed by atoms with Gasteiger partial charge in [-0.2, -0.15) is 0 Å². The molecule has 0 aliphatic rings. The average molecular weight is 321 g/mol. The van der Waals surface area contributed by atoms with Gasteiger partial charge in [0.1, 0.15) is 18.0 Å². The van der Waals surface area contributed by atoms with Crippen molar-refractivity contribution in [2.24, 2.45) is 0 Å². The topological polar surface area (TPSA) is 56.5 Å². The standard InChI is InChI=1S/C19H23N5/c1-13(2)24-10-9-20-17(24)15-8-6-7-14(11-15)16-21-12-22-18(23-16)19(3,4)5/h6-13H,1-5H3. The molecule has 3 rings (SSSR count). The fourth-order valence-corrected chi connectivity index (χ4v) is 2.55. The molecule has 0 amide bonds.